The summed E-state index contributed by atoms with van der Waals surface area (Å²) in [4.78, 5) is 0. The van der Waals surface area contributed by atoms with Crippen molar-refractivity contribution < 1.29 is 12.6 Å². The van der Waals surface area contributed by atoms with Crippen LogP contribution >= 0.6 is 16.9 Å². The average molecular weight is 150 g/mol. The minimum absolute atomic E-state index is 2.22. The van der Waals surface area contributed by atoms with Crippen LogP contribution < -0.4 is 5.50 Å². The summed E-state index contributed by atoms with van der Waals surface area (Å²) in [6.45, 7) is 0. The Labute approximate surface area is 40.6 Å². The molecule has 1 atom stereocenters. The van der Waals surface area contributed by atoms with Crippen LogP contribution in [0.25, 0.3) is 0 Å². The van der Waals surface area contributed by atoms with Gasteiger partial charge in [0.25, 0.3) is 0 Å². The molecule has 0 aliphatic heterocycles. The van der Waals surface area contributed by atoms with Crippen molar-refractivity contribution in [1.29, 1.82) is 0 Å². The molecule has 0 aromatic carbocycles. The van der Waals surface area contributed by atoms with E-state index in [1.165, 1.54) is 0 Å². The van der Waals surface area contributed by atoms with E-state index in [-0.39, 0.29) is 0 Å². The maximum absolute atomic E-state index is 11.2. The first kappa shape index (κ1) is 7.41. The number of halogens is 3. The molecule has 0 saturated heterocycles. The highest BCUT2D eigenvalue weighted by molar-refractivity contribution is 7.54. The summed E-state index contributed by atoms with van der Waals surface area (Å²) in [7, 11) is -6.50. The van der Waals surface area contributed by atoms with Crippen molar-refractivity contribution in [1.82, 2.24) is 0 Å². The lowest BCUT2D eigenvalue weighted by atomic mass is 13.9. The quantitative estimate of drug-likeness (QED) is 0.572. The zero-order valence-corrected chi connectivity index (χ0v) is 5.00. The highest BCUT2D eigenvalue weighted by Gasteiger charge is 1.97. The summed E-state index contributed by atoms with van der Waals surface area (Å²) >= 11 is 0. The standard InChI is InChI=1S/F3H3N2P2/c1-6(2)5-7(3)4/h7H,(H2,4,5). The Morgan fingerprint density at radius 3 is 2.00 bits per heavy atom. The summed E-state index contributed by atoms with van der Waals surface area (Å²) in [5.41, 5.74) is 4.30. The summed E-state index contributed by atoms with van der Waals surface area (Å²) < 4.78 is 35.2. The Morgan fingerprint density at radius 2 is 2.00 bits per heavy atom. The van der Waals surface area contributed by atoms with Crippen LogP contribution in [0.1, 0.15) is 0 Å². The van der Waals surface area contributed by atoms with E-state index < -0.39 is 16.9 Å². The molecule has 0 aliphatic rings. The van der Waals surface area contributed by atoms with E-state index in [1.54, 1.807) is 0 Å². The Kier molecular flexibility index (Phi) is 3.62. The molecule has 0 spiro atoms. The summed E-state index contributed by atoms with van der Waals surface area (Å²) in [5, 5.41) is 0. The second kappa shape index (κ2) is 3.42. The lowest BCUT2D eigenvalue weighted by molar-refractivity contribution is 0.747. The summed E-state index contributed by atoms with van der Waals surface area (Å²) in [6.07, 6.45) is 0. The molecule has 44 valence electrons. The monoisotopic (exact) mass is 150 g/mol. The van der Waals surface area contributed by atoms with Gasteiger partial charge in [-0.05, 0) is 0 Å². The molecule has 0 saturated carbocycles. The van der Waals surface area contributed by atoms with Crippen LogP contribution in [0, 0.1) is 0 Å². The smallest absolute Gasteiger partial charge is 0.274 e. The van der Waals surface area contributed by atoms with Gasteiger partial charge in [0, 0.05) is 0 Å². The Morgan fingerprint density at radius 1 is 1.57 bits per heavy atom. The van der Waals surface area contributed by atoms with Gasteiger partial charge in [0.05, 0.1) is 0 Å². The third-order valence-corrected chi connectivity index (χ3v) is 1.54. The molecule has 2 N–H and O–H groups in total. The molecular weight excluding hydrogens is 147 g/mol. The molecule has 0 heterocycles. The summed E-state index contributed by atoms with van der Waals surface area (Å²) in [6, 6.07) is 0. The largest absolute Gasteiger partial charge is 0.394 e. The molecule has 0 bridgehead atoms. The molecular formula is H3F3N2P2. The molecule has 0 aliphatic carbocycles. The third kappa shape index (κ3) is 6.41. The Bertz CT molecular complexity index is 75.0. The average Bonchev–Trinajstić information content (AvgIpc) is 1.27. The van der Waals surface area contributed by atoms with Crippen LogP contribution in [0.15, 0.2) is 4.52 Å². The van der Waals surface area contributed by atoms with Crippen molar-refractivity contribution in [2.24, 2.45) is 10.0 Å². The highest BCUT2D eigenvalue weighted by atomic mass is 31.2. The normalized spacial score (nSPS) is 15.6. The second-order valence-electron chi connectivity index (χ2n) is 0.638. The number of hydrogen-bond donors (Lipinski definition) is 1. The second-order valence-corrected chi connectivity index (χ2v) is 2.51. The molecule has 0 radical (unpaired) electrons. The van der Waals surface area contributed by atoms with Gasteiger partial charge in [0.15, 0.2) is 8.17 Å². The number of hydrogen-bond acceptors (Lipinski definition) is 1. The number of rotatable bonds is 1. The molecule has 1 unspecified atom stereocenters. The molecule has 0 amide bonds. The predicted molar refractivity (Wildman–Crippen MR) is 25.2 cm³/mol. The fraction of sp³-hybridized carbons (Fsp3) is 0. The van der Waals surface area contributed by atoms with Gasteiger partial charge in [-0.15, -0.1) is 0 Å². The van der Waals surface area contributed by atoms with Crippen molar-refractivity contribution in [3.63, 3.8) is 0 Å². The topological polar surface area (TPSA) is 38.4 Å². The number of nitrogens with zero attached hydrogens (tertiary/aromatic N) is 1. The van der Waals surface area contributed by atoms with Crippen molar-refractivity contribution in [3.05, 3.63) is 0 Å². The zero-order chi connectivity index (χ0) is 5.86. The van der Waals surface area contributed by atoms with E-state index in [0.717, 1.165) is 0 Å². The van der Waals surface area contributed by atoms with Gasteiger partial charge >= 0.3 is 8.69 Å². The lowest BCUT2D eigenvalue weighted by Crippen LogP contribution is -1.64. The van der Waals surface area contributed by atoms with Crippen LogP contribution in [0.4, 0.5) is 12.6 Å². The van der Waals surface area contributed by atoms with Gasteiger partial charge in [0.1, 0.15) is 0 Å². The van der Waals surface area contributed by atoms with Gasteiger partial charge < -0.3 is 0 Å². The minimum Gasteiger partial charge on any atom is -0.274 e. The predicted octanol–water partition coefficient (Wildman–Crippen LogP) is 2.31. The van der Waals surface area contributed by atoms with Crippen molar-refractivity contribution >= 4 is 16.9 Å². The van der Waals surface area contributed by atoms with Crippen LogP contribution in [0.2, 0.25) is 0 Å². The maximum Gasteiger partial charge on any atom is 0.394 e. The number of nitrogens with two attached hydrogens (primary N) is 1. The van der Waals surface area contributed by atoms with Crippen LogP contribution in [-0.2, 0) is 0 Å². The SMILES string of the molecule is N/[PH](F)=N/P(F)F. The van der Waals surface area contributed by atoms with Crippen molar-refractivity contribution in [3.8, 4) is 0 Å². The molecule has 2 nitrogen and oxygen atoms in total. The van der Waals surface area contributed by atoms with Crippen molar-refractivity contribution in [2.45, 2.75) is 0 Å². The molecule has 0 rings (SSSR count). The van der Waals surface area contributed by atoms with E-state index in [1.807, 2.05) is 0 Å². The summed E-state index contributed by atoms with van der Waals surface area (Å²) in [5.74, 6) is 0. The van der Waals surface area contributed by atoms with Gasteiger partial charge in [-0.2, -0.15) is 17.1 Å². The van der Waals surface area contributed by atoms with Gasteiger partial charge in [0.2, 0.25) is 0 Å². The maximum atomic E-state index is 11.2. The Balaban J connectivity index is 3.45. The van der Waals surface area contributed by atoms with Crippen LogP contribution in [0.3, 0.4) is 0 Å². The fourth-order valence-corrected chi connectivity index (χ4v) is 0.650. The van der Waals surface area contributed by atoms with Crippen LogP contribution in [-0.4, -0.2) is 0 Å². The highest BCUT2D eigenvalue weighted by Crippen LogP contribution is 2.45. The molecule has 0 aromatic heterocycles. The molecule has 0 fully saturated rings. The van der Waals surface area contributed by atoms with E-state index in [9.17, 15) is 12.6 Å². The van der Waals surface area contributed by atoms with Gasteiger partial charge in [-0.3, -0.25) is 5.50 Å². The fourth-order valence-electron chi connectivity index (χ4n) is 0.0722. The lowest BCUT2D eigenvalue weighted by Gasteiger charge is -1.82. The first-order chi connectivity index (χ1) is 3.13. The molecule has 7 heteroatoms. The first-order valence-electron chi connectivity index (χ1n) is 1.24. The van der Waals surface area contributed by atoms with E-state index in [2.05, 4.69) is 10.0 Å². The third-order valence-electron chi connectivity index (χ3n) is 0.171. The van der Waals surface area contributed by atoms with Crippen molar-refractivity contribution in [2.75, 3.05) is 0 Å². The zero-order valence-electron chi connectivity index (χ0n) is 3.11. The van der Waals surface area contributed by atoms with Crippen LogP contribution in [0.5, 0.6) is 0 Å². The minimum atomic E-state index is -3.47. The molecule has 7 heavy (non-hydrogen) atoms. The van der Waals surface area contributed by atoms with E-state index >= 15 is 0 Å². The first-order valence-corrected chi connectivity index (χ1v) is 3.72. The van der Waals surface area contributed by atoms with E-state index in [0.29, 0.717) is 0 Å². The van der Waals surface area contributed by atoms with E-state index in [4.69, 9.17) is 0 Å². The van der Waals surface area contributed by atoms with Gasteiger partial charge in [-0.25, -0.2) is 0 Å². The van der Waals surface area contributed by atoms with Gasteiger partial charge in [-0.1, -0.05) is 0 Å². The Hall–Kier alpha value is 0.410. The molecule has 0 aromatic rings.